The van der Waals surface area contributed by atoms with E-state index in [1.807, 2.05) is 24.3 Å². The minimum absolute atomic E-state index is 0.0822. The monoisotopic (exact) mass is 522 g/mol. The van der Waals surface area contributed by atoms with Crippen molar-refractivity contribution in [2.24, 2.45) is 5.73 Å². The molecular formula is C27H31BrN4O2. The first kappa shape index (κ1) is 24.3. The second-order valence-electron chi connectivity index (χ2n) is 8.91. The van der Waals surface area contributed by atoms with Crippen LogP contribution in [-0.2, 0) is 6.42 Å². The molecule has 0 aliphatic heterocycles. The molecular weight excluding hydrogens is 492 g/mol. The lowest BCUT2D eigenvalue weighted by Gasteiger charge is -2.18. The van der Waals surface area contributed by atoms with Crippen molar-refractivity contribution in [2.45, 2.75) is 37.2 Å². The Hall–Kier alpha value is -2.87. The number of fused-ring (bicyclic) bond motifs is 3. The number of aromatic nitrogens is 1. The Morgan fingerprint density at radius 1 is 1.09 bits per heavy atom. The SMILES string of the molecule is CC(C)NCC(O)COc1c(Cc2ccc(C(Br)C(=N)N)cc2)ccc2[nH]c3ccccc3c12. The fourth-order valence-electron chi connectivity index (χ4n) is 4.07. The zero-order valence-electron chi connectivity index (χ0n) is 19.4. The molecule has 1 heterocycles. The molecule has 6 nitrogen and oxygen atoms in total. The predicted molar refractivity (Wildman–Crippen MR) is 143 cm³/mol. The van der Waals surface area contributed by atoms with Gasteiger partial charge >= 0.3 is 0 Å². The molecule has 4 aromatic rings. The van der Waals surface area contributed by atoms with E-state index in [1.165, 1.54) is 0 Å². The van der Waals surface area contributed by atoms with Gasteiger partial charge in [-0.25, -0.2) is 0 Å². The van der Waals surface area contributed by atoms with Gasteiger partial charge in [0, 0.05) is 35.3 Å². The molecule has 0 saturated carbocycles. The van der Waals surface area contributed by atoms with Crippen molar-refractivity contribution in [3.63, 3.8) is 0 Å². The van der Waals surface area contributed by atoms with Gasteiger partial charge in [-0.3, -0.25) is 5.41 Å². The average molecular weight is 523 g/mol. The molecule has 0 fully saturated rings. The van der Waals surface area contributed by atoms with Crippen molar-refractivity contribution in [1.82, 2.24) is 10.3 Å². The number of benzene rings is 3. The summed E-state index contributed by atoms with van der Waals surface area (Å²) in [5.74, 6) is 0.878. The van der Waals surface area contributed by atoms with Gasteiger partial charge < -0.3 is 25.9 Å². The molecule has 6 N–H and O–H groups in total. The summed E-state index contributed by atoms with van der Waals surface area (Å²) in [6.45, 7) is 4.78. The highest BCUT2D eigenvalue weighted by atomic mass is 79.9. The fraction of sp³-hybridized carbons (Fsp3) is 0.296. The van der Waals surface area contributed by atoms with Crippen LogP contribution >= 0.6 is 15.9 Å². The number of para-hydroxylation sites is 1. The molecule has 4 rings (SSSR count). The van der Waals surface area contributed by atoms with Crippen LogP contribution in [0.1, 0.15) is 35.4 Å². The summed E-state index contributed by atoms with van der Waals surface area (Å²) in [6, 6.07) is 20.7. The van der Waals surface area contributed by atoms with Crippen molar-refractivity contribution < 1.29 is 9.84 Å². The number of hydrogen-bond acceptors (Lipinski definition) is 4. The molecule has 2 unspecified atom stereocenters. The van der Waals surface area contributed by atoms with E-state index in [0.29, 0.717) is 19.0 Å². The van der Waals surface area contributed by atoms with E-state index < -0.39 is 6.10 Å². The maximum atomic E-state index is 10.5. The van der Waals surface area contributed by atoms with Gasteiger partial charge in [-0.05, 0) is 28.8 Å². The van der Waals surface area contributed by atoms with Gasteiger partial charge in [-0.2, -0.15) is 0 Å². The van der Waals surface area contributed by atoms with Crippen molar-refractivity contribution in [3.05, 3.63) is 77.4 Å². The highest BCUT2D eigenvalue weighted by molar-refractivity contribution is 9.09. The lowest BCUT2D eigenvalue weighted by molar-refractivity contribution is 0.105. The summed E-state index contributed by atoms with van der Waals surface area (Å²) in [5, 5.41) is 23.5. The maximum Gasteiger partial charge on any atom is 0.132 e. The summed E-state index contributed by atoms with van der Waals surface area (Å²) in [7, 11) is 0. The molecule has 0 aliphatic carbocycles. The van der Waals surface area contributed by atoms with Crippen LogP contribution < -0.4 is 15.8 Å². The molecule has 0 amide bonds. The number of amidine groups is 1. The van der Waals surface area contributed by atoms with Gasteiger partial charge in [0.15, 0.2) is 0 Å². The molecule has 0 bridgehead atoms. The smallest absolute Gasteiger partial charge is 0.132 e. The van der Waals surface area contributed by atoms with Crippen molar-refractivity contribution in [3.8, 4) is 5.75 Å². The van der Waals surface area contributed by atoms with Crippen LogP contribution in [0.5, 0.6) is 5.75 Å². The predicted octanol–water partition coefficient (Wildman–Crippen LogP) is 5.02. The minimum Gasteiger partial charge on any atom is -0.490 e. The molecule has 7 heteroatoms. The van der Waals surface area contributed by atoms with E-state index >= 15 is 0 Å². The van der Waals surface area contributed by atoms with Gasteiger partial charge in [0.2, 0.25) is 0 Å². The third kappa shape index (κ3) is 5.43. The maximum absolute atomic E-state index is 10.5. The summed E-state index contributed by atoms with van der Waals surface area (Å²) < 4.78 is 6.31. The third-order valence-electron chi connectivity index (χ3n) is 5.83. The van der Waals surface area contributed by atoms with Crippen molar-refractivity contribution in [1.29, 1.82) is 5.41 Å². The zero-order valence-corrected chi connectivity index (χ0v) is 21.0. The van der Waals surface area contributed by atoms with E-state index in [-0.39, 0.29) is 17.3 Å². The van der Waals surface area contributed by atoms with E-state index in [1.54, 1.807) is 0 Å². The number of rotatable bonds is 10. The summed E-state index contributed by atoms with van der Waals surface area (Å²) >= 11 is 3.45. The van der Waals surface area contributed by atoms with Crippen LogP contribution in [0, 0.1) is 5.41 Å². The standard InChI is InChI=1S/C27H31BrN4O2/c1-16(2)31-14-20(33)15-34-26-19(13-17-7-9-18(10-8-17)25(28)27(29)30)11-12-23-24(26)21-5-3-4-6-22(21)32-23/h3-12,16,20,25,31-33H,13-15H2,1-2H3,(H3,29,30). The van der Waals surface area contributed by atoms with Crippen molar-refractivity contribution in [2.75, 3.05) is 13.2 Å². The Morgan fingerprint density at radius 3 is 2.53 bits per heavy atom. The van der Waals surface area contributed by atoms with Gasteiger partial charge in [-0.1, -0.05) is 78.3 Å². The Labute approximate surface area is 208 Å². The quantitative estimate of drug-likeness (QED) is 0.114. The molecule has 0 saturated heterocycles. The van der Waals surface area contributed by atoms with Crippen LogP contribution in [0.15, 0.2) is 60.7 Å². The lowest BCUT2D eigenvalue weighted by atomic mass is 9.99. The number of H-pyrrole nitrogens is 1. The average Bonchev–Trinajstić information content (AvgIpc) is 3.21. The van der Waals surface area contributed by atoms with Gasteiger partial charge in [-0.15, -0.1) is 0 Å². The number of nitrogens with two attached hydrogens (primary N) is 1. The molecule has 178 valence electrons. The number of ether oxygens (including phenoxy) is 1. The van der Waals surface area contributed by atoms with Crippen LogP contribution in [0.25, 0.3) is 21.8 Å². The summed E-state index contributed by atoms with van der Waals surface area (Å²) in [4.78, 5) is 3.19. The number of aromatic amines is 1. The Bertz CT molecular complexity index is 1280. The van der Waals surface area contributed by atoms with Crippen molar-refractivity contribution >= 4 is 43.6 Å². The summed E-state index contributed by atoms with van der Waals surface area (Å²) in [6.07, 6.45) is 0.0655. The topological polar surface area (TPSA) is 107 Å². The first-order chi connectivity index (χ1) is 16.3. The van der Waals surface area contributed by atoms with E-state index in [2.05, 4.69) is 76.5 Å². The molecule has 0 radical (unpaired) electrons. The zero-order chi connectivity index (χ0) is 24.2. The number of hydrogen-bond donors (Lipinski definition) is 5. The highest BCUT2D eigenvalue weighted by Crippen LogP contribution is 2.37. The lowest BCUT2D eigenvalue weighted by Crippen LogP contribution is -2.35. The first-order valence-electron chi connectivity index (χ1n) is 11.5. The van der Waals surface area contributed by atoms with Gasteiger partial charge in [0.25, 0.3) is 0 Å². The normalized spacial score (nSPS) is 13.4. The van der Waals surface area contributed by atoms with Gasteiger partial charge in [0.05, 0.1) is 10.3 Å². The Morgan fingerprint density at radius 2 is 1.82 bits per heavy atom. The Kier molecular flexibility index (Phi) is 7.56. The molecule has 3 aromatic carbocycles. The molecule has 2 atom stereocenters. The third-order valence-corrected chi connectivity index (χ3v) is 6.85. The number of aliphatic hydroxyl groups is 1. The fourth-order valence-corrected chi connectivity index (χ4v) is 4.38. The van der Waals surface area contributed by atoms with Crippen LogP contribution in [0.4, 0.5) is 0 Å². The number of nitrogens with one attached hydrogen (secondary N) is 3. The molecule has 1 aromatic heterocycles. The van der Waals surface area contributed by atoms with E-state index in [9.17, 15) is 5.11 Å². The second kappa shape index (κ2) is 10.6. The number of alkyl halides is 1. The summed E-state index contributed by atoms with van der Waals surface area (Å²) in [5.41, 5.74) is 10.8. The molecule has 0 spiro atoms. The van der Waals surface area contributed by atoms with Gasteiger partial charge in [0.1, 0.15) is 24.3 Å². The second-order valence-corrected chi connectivity index (χ2v) is 9.83. The van der Waals surface area contributed by atoms with Crippen LogP contribution in [-0.4, -0.2) is 41.2 Å². The van der Waals surface area contributed by atoms with E-state index in [4.69, 9.17) is 15.9 Å². The molecule has 34 heavy (non-hydrogen) atoms. The number of halogens is 1. The minimum atomic E-state index is -0.613. The van der Waals surface area contributed by atoms with E-state index in [0.717, 1.165) is 44.2 Å². The van der Waals surface area contributed by atoms with Crippen LogP contribution in [0.2, 0.25) is 0 Å². The van der Waals surface area contributed by atoms with Crippen LogP contribution in [0.3, 0.4) is 0 Å². The largest absolute Gasteiger partial charge is 0.490 e. The first-order valence-corrected chi connectivity index (χ1v) is 12.4. The highest BCUT2D eigenvalue weighted by Gasteiger charge is 2.17. The Balaban J connectivity index is 1.67. The number of aliphatic hydroxyl groups excluding tert-OH is 1. The molecule has 0 aliphatic rings.